The van der Waals surface area contributed by atoms with Crippen LogP contribution in [-0.4, -0.2) is 49.9 Å². The van der Waals surface area contributed by atoms with Crippen LogP contribution in [0.25, 0.3) is 16.9 Å². The van der Waals surface area contributed by atoms with Gasteiger partial charge < -0.3 is 14.6 Å². The van der Waals surface area contributed by atoms with Crippen molar-refractivity contribution in [3.8, 4) is 16.9 Å². The zero-order chi connectivity index (χ0) is 23.2. The van der Waals surface area contributed by atoms with Gasteiger partial charge in [-0.25, -0.2) is 4.68 Å². The highest BCUT2D eigenvalue weighted by atomic mass is 32.2. The van der Waals surface area contributed by atoms with E-state index in [0.29, 0.717) is 24.1 Å². The number of benzene rings is 2. The van der Waals surface area contributed by atoms with Crippen LogP contribution in [0.3, 0.4) is 0 Å². The second kappa shape index (κ2) is 10.5. The van der Waals surface area contributed by atoms with E-state index in [2.05, 4.69) is 47.6 Å². The Balaban J connectivity index is 1.56. The predicted octanol–water partition coefficient (Wildman–Crippen LogP) is 4.12. The zero-order valence-corrected chi connectivity index (χ0v) is 19.7. The van der Waals surface area contributed by atoms with E-state index in [0.717, 1.165) is 28.1 Å². The summed E-state index contributed by atoms with van der Waals surface area (Å²) < 4.78 is 8.74. The molecule has 0 radical (unpaired) electrons. The number of hydrogen-bond donors (Lipinski definition) is 1. The van der Waals surface area contributed by atoms with Gasteiger partial charge >= 0.3 is 0 Å². The van der Waals surface area contributed by atoms with Crippen LogP contribution in [0.5, 0.6) is 0 Å². The first-order valence-corrected chi connectivity index (χ1v) is 11.6. The van der Waals surface area contributed by atoms with Gasteiger partial charge in [0.2, 0.25) is 5.91 Å². The molecule has 0 fully saturated rings. The quantitative estimate of drug-likeness (QED) is 0.377. The van der Waals surface area contributed by atoms with Crippen LogP contribution in [-0.2, 0) is 16.1 Å². The van der Waals surface area contributed by atoms with Crippen molar-refractivity contribution in [1.82, 2.24) is 24.5 Å². The number of nitrogens with one attached hydrogen (secondary N) is 1. The van der Waals surface area contributed by atoms with Gasteiger partial charge in [-0.15, -0.1) is 10.2 Å². The van der Waals surface area contributed by atoms with Gasteiger partial charge in [0.1, 0.15) is 12.1 Å². The minimum atomic E-state index is -0.147. The first kappa shape index (κ1) is 22.8. The van der Waals surface area contributed by atoms with Crippen molar-refractivity contribution < 1.29 is 9.53 Å². The number of methoxy groups -OCH3 is 1. The molecule has 33 heavy (non-hydrogen) atoms. The van der Waals surface area contributed by atoms with Crippen molar-refractivity contribution in [2.24, 2.45) is 0 Å². The number of aryl methyl sites for hydroxylation is 2. The summed E-state index contributed by atoms with van der Waals surface area (Å²) in [6, 6.07) is 18.0. The molecule has 0 spiro atoms. The standard InChI is InChI=1S/C24H26N6O2S/c1-17-9-10-18(2)20(13-17)21-14-22(30(28-21)19-7-5-4-6-8-19)26-23(31)15-33-24-27-25-16-29(24)11-12-32-3/h4-10,13-14,16H,11-12,15H2,1-3H3,(H,26,31). The number of anilines is 1. The van der Waals surface area contributed by atoms with Crippen LogP contribution in [0.15, 0.2) is 66.1 Å². The van der Waals surface area contributed by atoms with Crippen molar-refractivity contribution in [1.29, 1.82) is 0 Å². The SMILES string of the molecule is COCCn1cnnc1SCC(=O)Nc1cc(-c2cc(C)ccc2C)nn1-c1ccccc1. The van der Waals surface area contributed by atoms with E-state index >= 15 is 0 Å². The number of thioether (sulfide) groups is 1. The molecule has 2 heterocycles. The van der Waals surface area contributed by atoms with Gasteiger partial charge in [0, 0.05) is 25.3 Å². The molecule has 0 unspecified atom stereocenters. The van der Waals surface area contributed by atoms with Gasteiger partial charge in [0.05, 0.1) is 23.7 Å². The first-order chi connectivity index (χ1) is 16.0. The number of rotatable bonds is 9. The number of aromatic nitrogens is 5. The largest absolute Gasteiger partial charge is 0.383 e. The fraction of sp³-hybridized carbons (Fsp3) is 0.250. The third-order valence-corrected chi connectivity index (χ3v) is 6.08. The highest BCUT2D eigenvalue weighted by Gasteiger charge is 2.16. The van der Waals surface area contributed by atoms with Crippen molar-refractivity contribution >= 4 is 23.5 Å². The second-order valence-electron chi connectivity index (χ2n) is 7.62. The molecule has 0 aliphatic heterocycles. The molecular weight excluding hydrogens is 436 g/mol. The highest BCUT2D eigenvalue weighted by Crippen LogP contribution is 2.28. The third kappa shape index (κ3) is 5.50. The molecule has 9 heteroatoms. The Bertz CT molecular complexity index is 1230. The number of para-hydroxylation sites is 1. The summed E-state index contributed by atoms with van der Waals surface area (Å²) in [5, 5.41) is 16.5. The number of ether oxygens (including phenoxy) is 1. The van der Waals surface area contributed by atoms with Crippen molar-refractivity contribution in [2.75, 3.05) is 24.8 Å². The molecule has 2 aromatic heterocycles. The number of carbonyl (C=O) groups is 1. The number of carbonyl (C=O) groups excluding carboxylic acids is 1. The van der Waals surface area contributed by atoms with Crippen molar-refractivity contribution in [3.63, 3.8) is 0 Å². The Morgan fingerprint density at radius 3 is 2.73 bits per heavy atom. The van der Waals surface area contributed by atoms with E-state index < -0.39 is 0 Å². The van der Waals surface area contributed by atoms with Crippen LogP contribution in [0.4, 0.5) is 5.82 Å². The lowest BCUT2D eigenvalue weighted by Gasteiger charge is -2.09. The molecule has 0 atom stereocenters. The summed E-state index contributed by atoms with van der Waals surface area (Å²) in [5.74, 6) is 0.666. The topological polar surface area (TPSA) is 86.9 Å². The summed E-state index contributed by atoms with van der Waals surface area (Å²) in [6.07, 6.45) is 1.64. The summed E-state index contributed by atoms with van der Waals surface area (Å²) >= 11 is 1.33. The van der Waals surface area contributed by atoms with Crippen LogP contribution < -0.4 is 5.32 Å². The Hall–Kier alpha value is -3.43. The van der Waals surface area contributed by atoms with E-state index in [4.69, 9.17) is 9.84 Å². The first-order valence-electron chi connectivity index (χ1n) is 10.6. The molecule has 0 bridgehead atoms. The average Bonchev–Trinajstić information content (AvgIpc) is 3.45. The van der Waals surface area contributed by atoms with Crippen LogP contribution in [0.2, 0.25) is 0 Å². The second-order valence-corrected chi connectivity index (χ2v) is 8.56. The average molecular weight is 463 g/mol. The van der Waals surface area contributed by atoms with E-state index in [9.17, 15) is 4.79 Å². The molecule has 1 N–H and O–H groups in total. The minimum Gasteiger partial charge on any atom is -0.383 e. The minimum absolute atomic E-state index is 0.147. The van der Waals surface area contributed by atoms with E-state index in [1.807, 2.05) is 41.0 Å². The molecular formula is C24H26N6O2S. The van der Waals surface area contributed by atoms with Gasteiger partial charge in [-0.05, 0) is 37.6 Å². The molecule has 1 amide bonds. The lowest BCUT2D eigenvalue weighted by molar-refractivity contribution is -0.113. The Morgan fingerprint density at radius 2 is 1.94 bits per heavy atom. The maximum atomic E-state index is 12.8. The fourth-order valence-corrected chi connectivity index (χ4v) is 4.13. The van der Waals surface area contributed by atoms with Gasteiger partial charge in [-0.1, -0.05) is 47.7 Å². The van der Waals surface area contributed by atoms with Gasteiger partial charge in [-0.3, -0.25) is 4.79 Å². The monoisotopic (exact) mass is 462 g/mol. The molecule has 0 saturated heterocycles. The Kier molecular flexibility index (Phi) is 7.21. The van der Waals surface area contributed by atoms with E-state index in [1.165, 1.54) is 11.8 Å². The molecule has 2 aromatic carbocycles. The van der Waals surface area contributed by atoms with Gasteiger partial charge in [0.15, 0.2) is 5.16 Å². The smallest absolute Gasteiger partial charge is 0.236 e. The normalized spacial score (nSPS) is 11.0. The maximum Gasteiger partial charge on any atom is 0.236 e. The molecule has 8 nitrogen and oxygen atoms in total. The maximum absolute atomic E-state index is 12.8. The van der Waals surface area contributed by atoms with Gasteiger partial charge in [0.25, 0.3) is 0 Å². The fourth-order valence-electron chi connectivity index (χ4n) is 3.39. The molecule has 0 aliphatic carbocycles. The third-order valence-electron chi connectivity index (χ3n) is 5.10. The number of hydrogen-bond acceptors (Lipinski definition) is 6. The van der Waals surface area contributed by atoms with Crippen molar-refractivity contribution in [2.45, 2.75) is 25.5 Å². The summed E-state index contributed by atoms with van der Waals surface area (Å²) in [7, 11) is 1.65. The molecule has 0 saturated carbocycles. The van der Waals surface area contributed by atoms with Gasteiger partial charge in [-0.2, -0.15) is 5.10 Å². The highest BCUT2D eigenvalue weighted by molar-refractivity contribution is 7.99. The lowest BCUT2D eigenvalue weighted by Crippen LogP contribution is -2.17. The number of amides is 1. The van der Waals surface area contributed by atoms with E-state index in [-0.39, 0.29) is 11.7 Å². The number of nitrogens with zero attached hydrogens (tertiary/aromatic N) is 5. The Labute approximate surface area is 197 Å². The molecule has 4 aromatic rings. The van der Waals surface area contributed by atoms with E-state index in [1.54, 1.807) is 18.1 Å². The predicted molar refractivity (Wildman–Crippen MR) is 130 cm³/mol. The summed E-state index contributed by atoms with van der Waals surface area (Å²) in [4.78, 5) is 12.8. The zero-order valence-electron chi connectivity index (χ0n) is 18.9. The van der Waals surface area contributed by atoms with Crippen LogP contribution in [0, 0.1) is 13.8 Å². The Morgan fingerprint density at radius 1 is 1.12 bits per heavy atom. The molecule has 0 aliphatic rings. The molecule has 4 rings (SSSR count). The van der Waals surface area contributed by atoms with Crippen LogP contribution >= 0.6 is 11.8 Å². The summed E-state index contributed by atoms with van der Waals surface area (Å²) in [5.41, 5.74) is 5.01. The van der Waals surface area contributed by atoms with Crippen LogP contribution in [0.1, 0.15) is 11.1 Å². The summed E-state index contributed by atoms with van der Waals surface area (Å²) in [6.45, 7) is 5.30. The lowest BCUT2D eigenvalue weighted by atomic mass is 10.0. The van der Waals surface area contributed by atoms with Crippen molar-refractivity contribution in [3.05, 3.63) is 72.1 Å². The molecule has 170 valence electrons.